The second kappa shape index (κ2) is 5.94. The van der Waals surface area contributed by atoms with Crippen molar-refractivity contribution in [1.29, 1.82) is 0 Å². The fourth-order valence-corrected chi connectivity index (χ4v) is 2.50. The van der Waals surface area contributed by atoms with Gasteiger partial charge in [0.2, 0.25) is 0 Å². The molecule has 0 spiro atoms. The lowest BCUT2D eigenvalue weighted by atomic mass is 9.83. The summed E-state index contributed by atoms with van der Waals surface area (Å²) in [5.74, 6) is 0.840. The number of benzene rings is 1. The Kier molecular flexibility index (Phi) is 4.43. The zero-order valence-corrected chi connectivity index (χ0v) is 13.7. The van der Waals surface area contributed by atoms with E-state index >= 15 is 0 Å². The highest BCUT2D eigenvalue weighted by molar-refractivity contribution is 5.41. The molecule has 0 atom stereocenters. The van der Waals surface area contributed by atoms with Crippen LogP contribution in [-0.2, 0) is 18.4 Å². The number of aryl methyl sites for hydroxylation is 2. The van der Waals surface area contributed by atoms with E-state index in [0.29, 0.717) is 6.54 Å². The van der Waals surface area contributed by atoms with Gasteiger partial charge in [-0.1, -0.05) is 32.9 Å². The third-order valence-corrected chi connectivity index (χ3v) is 3.87. The molecule has 0 aliphatic carbocycles. The SMILES string of the molecule is Cc1cc(C(C)(C)C)cc(C)c1Cc1nccc(CN)n1. The van der Waals surface area contributed by atoms with Gasteiger partial charge in [-0.2, -0.15) is 0 Å². The molecule has 0 amide bonds. The lowest BCUT2D eigenvalue weighted by Crippen LogP contribution is -2.13. The Morgan fingerprint density at radius 1 is 1.10 bits per heavy atom. The van der Waals surface area contributed by atoms with Gasteiger partial charge < -0.3 is 5.73 Å². The van der Waals surface area contributed by atoms with Crippen LogP contribution in [0.25, 0.3) is 0 Å². The summed E-state index contributed by atoms with van der Waals surface area (Å²) in [6.07, 6.45) is 2.55. The van der Waals surface area contributed by atoms with E-state index in [9.17, 15) is 0 Å². The topological polar surface area (TPSA) is 51.8 Å². The molecule has 0 aliphatic heterocycles. The van der Waals surface area contributed by atoms with Crippen molar-refractivity contribution in [2.75, 3.05) is 0 Å². The maximum atomic E-state index is 5.65. The maximum Gasteiger partial charge on any atom is 0.132 e. The van der Waals surface area contributed by atoms with E-state index in [0.717, 1.165) is 17.9 Å². The van der Waals surface area contributed by atoms with E-state index in [4.69, 9.17) is 5.73 Å². The molecule has 0 bridgehead atoms. The Morgan fingerprint density at radius 2 is 1.71 bits per heavy atom. The van der Waals surface area contributed by atoms with Crippen molar-refractivity contribution < 1.29 is 0 Å². The minimum atomic E-state index is 0.171. The number of rotatable bonds is 3. The predicted octanol–water partition coefficient (Wildman–Crippen LogP) is 3.44. The summed E-state index contributed by atoms with van der Waals surface area (Å²) in [6.45, 7) is 11.5. The third-order valence-electron chi connectivity index (χ3n) is 3.87. The summed E-state index contributed by atoms with van der Waals surface area (Å²) in [5, 5.41) is 0. The van der Waals surface area contributed by atoms with Crippen molar-refractivity contribution in [3.63, 3.8) is 0 Å². The first-order chi connectivity index (χ1) is 9.81. The van der Waals surface area contributed by atoms with Gasteiger partial charge in [0.25, 0.3) is 0 Å². The molecule has 112 valence electrons. The van der Waals surface area contributed by atoms with Gasteiger partial charge in [-0.05, 0) is 47.6 Å². The Morgan fingerprint density at radius 3 is 2.24 bits per heavy atom. The first-order valence-corrected chi connectivity index (χ1v) is 7.42. The molecule has 0 fully saturated rings. The first kappa shape index (κ1) is 15.6. The maximum absolute atomic E-state index is 5.65. The number of nitrogens with two attached hydrogens (primary N) is 1. The zero-order chi connectivity index (χ0) is 15.6. The van der Waals surface area contributed by atoms with Crippen LogP contribution in [0.1, 0.15) is 54.5 Å². The second-order valence-electron chi connectivity index (χ2n) is 6.68. The molecule has 0 unspecified atom stereocenters. The number of nitrogens with zero attached hydrogens (tertiary/aromatic N) is 2. The lowest BCUT2D eigenvalue weighted by molar-refractivity contribution is 0.588. The van der Waals surface area contributed by atoms with Crippen LogP contribution in [-0.4, -0.2) is 9.97 Å². The van der Waals surface area contributed by atoms with Crippen LogP contribution < -0.4 is 5.73 Å². The van der Waals surface area contributed by atoms with Crippen molar-refractivity contribution in [2.45, 2.75) is 53.0 Å². The molecule has 3 heteroatoms. The van der Waals surface area contributed by atoms with E-state index in [1.165, 1.54) is 22.3 Å². The van der Waals surface area contributed by atoms with Crippen LogP contribution in [0.4, 0.5) is 0 Å². The highest BCUT2D eigenvalue weighted by Crippen LogP contribution is 2.27. The summed E-state index contributed by atoms with van der Waals surface area (Å²) >= 11 is 0. The van der Waals surface area contributed by atoms with Crippen LogP contribution >= 0.6 is 0 Å². The molecular weight excluding hydrogens is 258 g/mol. The van der Waals surface area contributed by atoms with Gasteiger partial charge in [0.15, 0.2) is 0 Å². The van der Waals surface area contributed by atoms with E-state index in [1.54, 1.807) is 6.20 Å². The lowest BCUT2D eigenvalue weighted by Gasteiger charge is -2.22. The summed E-state index contributed by atoms with van der Waals surface area (Å²) in [4.78, 5) is 8.87. The zero-order valence-electron chi connectivity index (χ0n) is 13.7. The van der Waals surface area contributed by atoms with E-state index in [2.05, 4.69) is 56.7 Å². The minimum Gasteiger partial charge on any atom is -0.325 e. The molecule has 0 aliphatic rings. The highest BCUT2D eigenvalue weighted by atomic mass is 14.9. The van der Waals surface area contributed by atoms with Crippen LogP contribution in [0.15, 0.2) is 24.4 Å². The highest BCUT2D eigenvalue weighted by Gasteiger charge is 2.16. The standard InChI is InChI=1S/C18H25N3/c1-12-8-14(18(3,4)5)9-13(2)16(12)10-17-20-7-6-15(11-19)21-17/h6-9H,10-11,19H2,1-5H3. The Hall–Kier alpha value is -1.74. The van der Waals surface area contributed by atoms with Crippen molar-refractivity contribution in [1.82, 2.24) is 9.97 Å². The fraction of sp³-hybridized carbons (Fsp3) is 0.444. The van der Waals surface area contributed by atoms with Gasteiger partial charge in [0.1, 0.15) is 5.82 Å². The molecule has 21 heavy (non-hydrogen) atoms. The summed E-state index contributed by atoms with van der Waals surface area (Å²) in [5.41, 5.74) is 12.0. The third kappa shape index (κ3) is 3.67. The first-order valence-electron chi connectivity index (χ1n) is 7.42. The van der Waals surface area contributed by atoms with Gasteiger partial charge >= 0.3 is 0 Å². The molecule has 1 aromatic carbocycles. The molecule has 0 saturated heterocycles. The minimum absolute atomic E-state index is 0.171. The molecule has 1 heterocycles. The van der Waals surface area contributed by atoms with Gasteiger partial charge in [-0.25, -0.2) is 9.97 Å². The molecule has 2 rings (SSSR count). The van der Waals surface area contributed by atoms with Crippen LogP contribution in [0.2, 0.25) is 0 Å². The van der Waals surface area contributed by atoms with Gasteiger partial charge in [-0.15, -0.1) is 0 Å². The van der Waals surface area contributed by atoms with Crippen LogP contribution in [0.3, 0.4) is 0 Å². The van der Waals surface area contributed by atoms with Crippen molar-refractivity contribution >= 4 is 0 Å². The molecule has 0 radical (unpaired) electrons. The molecule has 1 aromatic heterocycles. The van der Waals surface area contributed by atoms with Crippen LogP contribution in [0.5, 0.6) is 0 Å². The van der Waals surface area contributed by atoms with E-state index < -0.39 is 0 Å². The molecule has 3 nitrogen and oxygen atoms in total. The van der Waals surface area contributed by atoms with Crippen molar-refractivity contribution in [3.05, 3.63) is 58.2 Å². The molecule has 2 aromatic rings. The average Bonchev–Trinajstić information content (AvgIpc) is 2.42. The van der Waals surface area contributed by atoms with Crippen LogP contribution in [0, 0.1) is 13.8 Å². The predicted molar refractivity (Wildman–Crippen MR) is 87.3 cm³/mol. The quantitative estimate of drug-likeness (QED) is 0.938. The average molecular weight is 283 g/mol. The van der Waals surface area contributed by atoms with Crippen molar-refractivity contribution in [3.8, 4) is 0 Å². The summed E-state index contributed by atoms with van der Waals surface area (Å²) < 4.78 is 0. The second-order valence-corrected chi connectivity index (χ2v) is 6.68. The van der Waals surface area contributed by atoms with E-state index in [-0.39, 0.29) is 5.41 Å². The number of aromatic nitrogens is 2. The Bertz CT molecular complexity index is 616. The Balaban J connectivity index is 2.36. The molecule has 2 N–H and O–H groups in total. The van der Waals surface area contributed by atoms with Gasteiger partial charge in [-0.3, -0.25) is 0 Å². The van der Waals surface area contributed by atoms with Gasteiger partial charge in [0.05, 0.1) is 5.69 Å². The summed E-state index contributed by atoms with van der Waals surface area (Å²) in [7, 11) is 0. The van der Waals surface area contributed by atoms with Crippen molar-refractivity contribution in [2.24, 2.45) is 5.73 Å². The molecule has 0 saturated carbocycles. The monoisotopic (exact) mass is 283 g/mol. The van der Waals surface area contributed by atoms with E-state index in [1.807, 2.05) is 6.07 Å². The van der Waals surface area contributed by atoms with Gasteiger partial charge in [0, 0.05) is 19.2 Å². The smallest absolute Gasteiger partial charge is 0.132 e. The number of hydrogen-bond acceptors (Lipinski definition) is 3. The fourth-order valence-electron chi connectivity index (χ4n) is 2.50. The molecular formula is C18H25N3. The largest absolute Gasteiger partial charge is 0.325 e. The number of hydrogen-bond donors (Lipinski definition) is 1. The summed E-state index contributed by atoms with van der Waals surface area (Å²) in [6, 6.07) is 6.44. The normalized spacial score (nSPS) is 11.7. The Labute approximate surface area is 127 Å².